The van der Waals surface area contributed by atoms with Gasteiger partial charge < -0.3 is 14.7 Å². The van der Waals surface area contributed by atoms with Gasteiger partial charge in [-0.25, -0.2) is 9.97 Å². The lowest BCUT2D eigenvalue weighted by Crippen LogP contribution is -2.58. The van der Waals surface area contributed by atoms with Gasteiger partial charge in [0.05, 0.1) is 18.9 Å². The molecule has 1 aliphatic carbocycles. The van der Waals surface area contributed by atoms with Gasteiger partial charge in [-0.2, -0.15) is 0 Å². The summed E-state index contributed by atoms with van der Waals surface area (Å²) in [5.41, 5.74) is 2.30. The molecular formula is C23H31N5O2. The highest BCUT2D eigenvalue weighted by molar-refractivity contribution is 5.31. The van der Waals surface area contributed by atoms with E-state index in [4.69, 9.17) is 4.74 Å². The number of morpholine rings is 1. The highest BCUT2D eigenvalue weighted by Crippen LogP contribution is 2.49. The van der Waals surface area contributed by atoms with Crippen molar-refractivity contribution in [2.24, 2.45) is 11.8 Å². The van der Waals surface area contributed by atoms with E-state index in [-0.39, 0.29) is 11.8 Å². The molecule has 2 bridgehead atoms. The Bertz CT molecular complexity index is 854. The van der Waals surface area contributed by atoms with Gasteiger partial charge in [-0.3, -0.25) is 9.88 Å². The molecule has 0 spiro atoms. The van der Waals surface area contributed by atoms with Crippen LogP contribution in [0.1, 0.15) is 36.1 Å². The molecule has 2 saturated heterocycles. The lowest BCUT2D eigenvalue weighted by atomic mass is 9.63. The van der Waals surface area contributed by atoms with Crippen LogP contribution in [0.4, 0.5) is 5.95 Å². The van der Waals surface area contributed by atoms with Crippen molar-refractivity contribution in [2.45, 2.75) is 38.3 Å². The average molecular weight is 410 g/mol. The third kappa shape index (κ3) is 3.59. The van der Waals surface area contributed by atoms with E-state index < -0.39 is 5.60 Å². The van der Waals surface area contributed by atoms with Gasteiger partial charge in [-0.1, -0.05) is 12.5 Å². The molecule has 3 aliphatic rings. The Morgan fingerprint density at radius 3 is 2.47 bits per heavy atom. The minimum absolute atomic E-state index is 0.215. The van der Waals surface area contributed by atoms with Gasteiger partial charge in [-0.15, -0.1) is 0 Å². The molecule has 160 valence electrons. The molecule has 2 aliphatic heterocycles. The first-order valence-corrected chi connectivity index (χ1v) is 11.1. The maximum absolute atomic E-state index is 11.8. The summed E-state index contributed by atoms with van der Waals surface area (Å²) in [5.74, 6) is 1.22. The summed E-state index contributed by atoms with van der Waals surface area (Å²) in [6.45, 7) is 7.83. The molecule has 2 atom stereocenters. The number of pyridine rings is 1. The predicted octanol–water partition coefficient (Wildman–Crippen LogP) is 2.14. The fraction of sp³-hybridized carbons (Fsp3) is 0.609. The number of hydrogen-bond acceptors (Lipinski definition) is 7. The van der Waals surface area contributed by atoms with Crippen LogP contribution in [0, 0.1) is 18.8 Å². The SMILES string of the molecule is Cc1cccnc1C1(O)[C@H]2CCC[C@H]1CN(Cc1cnc(N3CCOCC3)nc1)C2. The number of aromatic nitrogens is 3. The highest BCUT2D eigenvalue weighted by Gasteiger charge is 2.52. The second-order valence-electron chi connectivity index (χ2n) is 9.00. The number of aliphatic hydroxyl groups is 1. The van der Waals surface area contributed by atoms with E-state index in [1.54, 1.807) is 0 Å². The van der Waals surface area contributed by atoms with Crippen molar-refractivity contribution in [3.63, 3.8) is 0 Å². The van der Waals surface area contributed by atoms with E-state index in [0.717, 1.165) is 81.5 Å². The minimum Gasteiger partial charge on any atom is -0.383 e. The lowest BCUT2D eigenvalue weighted by Gasteiger charge is -2.53. The lowest BCUT2D eigenvalue weighted by molar-refractivity contribution is -0.151. The molecule has 0 unspecified atom stereocenters. The second-order valence-corrected chi connectivity index (χ2v) is 9.00. The van der Waals surface area contributed by atoms with E-state index in [9.17, 15) is 5.11 Å². The summed E-state index contributed by atoms with van der Waals surface area (Å²) in [6.07, 6.45) is 9.01. The molecule has 3 fully saturated rings. The third-order valence-electron chi connectivity index (χ3n) is 7.09. The standard InChI is InChI=1S/C23H31N5O2/c1-17-4-3-7-24-21(17)23(29)19-5-2-6-20(23)16-27(15-19)14-18-12-25-22(26-13-18)28-8-10-30-11-9-28/h3-4,7,12-13,19-20,29H,2,5-6,8-11,14-16H2,1H3/t19-,20-/m0/s1. The van der Waals surface area contributed by atoms with Crippen molar-refractivity contribution < 1.29 is 9.84 Å². The van der Waals surface area contributed by atoms with Gasteiger partial charge >= 0.3 is 0 Å². The number of anilines is 1. The van der Waals surface area contributed by atoms with Gasteiger partial charge in [0.25, 0.3) is 0 Å². The van der Waals surface area contributed by atoms with Crippen LogP contribution in [0.2, 0.25) is 0 Å². The number of ether oxygens (including phenoxy) is 1. The Kier molecular flexibility index (Phi) is 5.43. The quantitative estimate of drug-likeness (QED) is 0.829. The fourth-order valence-electron chi connectivity index (χ4n) is 5.58. The van der Waals surface area contributed by atoms with Crippen LogP contribution in [-0.4, -0.2) is 64.4 Å². The number of likely N-dealkylation sites (tertiary alicyclic amines) is 1. The van der Waals surface area contributed by atoms with Gasteiger partial charge in [0.1, 0.15) is 5.60 Å². The van der Waals surface area contributed by atoms with E-state index in [1.807, 2.05) is 24.7 Å². The molecule has 5 rings (SSSR count). The predicted molar refractivity (Wildman–Crippen MR) is 114 cm³/mol. The molecule has 1 saturated carbocycles. The fourth-order valence-corrected chi connectivity index (χ4v) is 5.58. The average Bonchev–Trinajstić information content (AvgIpc) is 2.76. The Morgan fingerprint density at radius 2 is 1.80 bits per heavy atom. The maximum atomic E-state index is 11.8. The molecule has 30 heavy (non-hydrogen) atoms. The Labute approximate surface area is 178 Å². The number of piperidine rings is 1. The van der Waals surface area contributed by atoms with Gasteiger partial charge in [0.15, 0.2) is 0 Å². The molecule has 1 N–H and O–H groups in total. The number of nitrogens with zero attached hydrogens (tertiary/aromatic N) is 5. The monoisotopic (exact) mass is 409 g/mol. The summed E-state index contributed by atoms with van der Waals surface area (Å²) in [4.78, 5) is 18.5. The zero-order valence-electron chi connectivity index (χ0n) is 17.7. The van der Waals surface area contributed by atoms with Crippen molar-refractivity contribution in [3.8, 4) is 0 Å². The normalized spacial score (nSPS) is 29.7. The summed E-state index contributed by atoms with van der Waals surface area (Å²) in [5, 5.41) is 11.8. The van der Waals surface area contributed by atoms with Gasteiger partial charge in [0.2, 0.25) is 5.95 Å². The van der Waals surface area contributed by atoms with Crippen LogP contribution in [0.25, 0.3) is 0 Å². The number of fused-ring (bicyclic) bond motifs is 2. The van der Waals surface area contributed by atoms with Crippen LogP contribution >= 0.6 is 0 Å². The van der Waals surface area contributed by atoms with Crippen LogP contribution in [-0.2, 0) is 16.9 Å². The summed E-state index contributed by atoms with van der Waals surface area (Å²) < 4.78 is 5.41. The molecule has 0 radical (unpaired) electrons. The first-order valence-electron chi connectivity index (χ1n) is 11.1. The van der Waals surface area contributed by atoms with Crippen molar-refractivity contribution in [1.82, 2.24) is 19.9 Å². The summed E-state index contributed by atoms with van der Waals surface area (Å²) >= 11 is 0. The van der Waals surface area contributed by atoms with Gasteiger partial charge in [-0.05, 0) is 31.4 Å². The van der Waals surface area contributed by atoms with Crippen LogP contribution in [0.15, 0.2) is 30.7 Å². The van der Waals surface area contributed by atoms with Gasteiger partial charge in [0, 0.05) is 68.7 Å². The molecular weight excluding hydrogens is 378 g/mol. The number of hydrogen-bond donors (Lipinski definition) is 1. The van der Waals surface area contributed by atoms with Crippen LogP contribution < -0.4 is 4.90 Å². The Morgan fingerprint density at radius 1 is 1.10 bits per heavy atom. The Hall–Kier alpha value is -2.09. The highest BCUT2D eigenvalue weighted by atomic mass is 16.5. The third-order valence-corrected chi connectivity index (χ3v) is 7.09. The summed E-state index contributed by atoms with van der Waals surface area (Å²) in [7, 11) is 0. The molecule has 2 aromatic heterocycles. The smallest absolute Gasteiger partial charge is 0.225 e. The topological polar surface area (TPSA) is 74.6 Å². The van der Waals surface area contributed by atoms with Crippen molar-refractivity contribution in [3.05, 3.63) is 47.5 Å². The summed E-state index contributed by atoms with van der Waals surface area (Å²) in [6, 6.07) is 4.02. The zero-order chi connectivity index (χ0) is 20.6. The second kappa shape index (κ2) is 8.21. The first kappa shape index (κ1) is 19.8. The molecule has 7 nitrogen and oxygen atoms in total. The van der Waals surface area contributed by atoms with Crippen LogP contribution in [0.5, 0.6) is 0 Å². The molecule has 0 aromatic carbocycles. The molecule has 2 aromatic rings. The Balaban J connectivity index is 1.30. The first-order chi connectivity index (χ1) is 14.6. The number of rotatable bonds is 4. The van der Waals surface area contributed by atoms with E-state index in [1.165, 1.54) is 6.42 Å². The molecule has 0 amide bonds. The molecule has 4 heterocycles. The van der Waals surface area contributed by atoms with E-state index in [0.29, 0.717) is 0 Å². The maximum Gasteiger partial charge on any atom is 0.225 e. The van der Waals surface area contributed by atoms with Crippen molar-refractivity contribution in [2.75, 3.05) is 44.3 Å². The van der Waals surface area contributed by atoms with E-state index in [2.05, 4.69) is 37.7 Å². The number of aryl methyl sites for hydroxylation is 1. The van der Waals surface area contributed by atoms with E-state index >= 15 is 0 Å². The minimum atomic E-state index is -0.809. The van der Waals surface area contributed by atoms with Crippen LogP contribution in [0.3, 0.4) is 0 Å². The molecule has 7 heteroatoms. The van der Waals surface area contributed by atoms with Crippen molar-refractivity contribution in [1.29, 1.82) is 0 Å². The van der Waals surface area contributed by atoms with Crippen molar-refractivity contribution >= 4 is 5.95 Å². The zero-order valence-corrected chi connectivity index (χ0v) is 17.7. The largest absolute Gasteiger partial charge is 0.383 e.